The predicted molar refractivity (Wildman–Crippen MR) is 266 cm³/mol. The Balaban J connectivity index is 1.28. The van der Waals surface area contributed by atoms with Gasteiger partial charge in [-0.1, -0.05) is 133 Å². The van der Waals surface area contributed by atoms with E-state index in [-0.39, 0.29) is 0 Å². The molecule has 0 saturated carbocycles. The lowest BCUT2D eigenvalue weighted by Gasteiger charge is -2.24. The molecule has 0 spiro atoms. The van der Waals surface area contributed by atoms with Gasteiger partial charge in [-0.05, 0) is 79.6 Å². The van der Waals surface area contributed by atoms with E-state index in [4.69, 9.17) is 19.9 Å². The van der Waals surface area contributed by atoms with Crippen molar-refractivity contribution in [2.75, 3.05) is 0 Å². The third-order valence-corrected chi connectivity index (χ3v) is 13.0. The van der Waals surface area contributed by atoms with E-state index in [0.717, 1.165) is 100 Å². The molecule has 13 aromatic rings. The Bertz CT molecular complexity index is 3670. The van der Waals surface area contributed by atoms with Crippen molar-refractivity contribution >= 4 is 65.7 Å². The van der Waals surface area contributed by atoms with Crippen LogP contribution in [0, 0.1) is 13.8 Å². The van der Waals surface area contributed by atoms with Crippen molar-refractivity contribution in [1.82, 2.24) is 33.6 Å². The molecule has 6 heterocycles. The van der Waals surface area contributed by atoms with Gasteiger partial charge in [-0.15, -0.1) is 0 Å². The summed E-state index contributed by atoms with van der Waals surface area (Å²) in [5, 5.41) is 4.56. The fourth-order valence-electron chi connectivity index (χ4n) is 10.2. The fourth-order valence-corrected chi connectivity index (χ4v) is 10.2. The first-order chi connectivity index (χ1) is 32.1. The molecule has 0 amide bonds. The largest absolute Gasteiger partial charge is 0.305 e. The van der Waals surface area contributed by atoms with Crippen LogP contribution in [0.1, 0.15) is 11.1 Å². The van der Waals surface area contributed by atoms with Crippen LogP contribution >= 0.6 is 0 Å². The summed E-state index contributed by atoms with van der Waals surface area (Å²) < 4.78 is 7.36. The number of aryl methyl sites for hydroxylation is 2. The fraction of sp³-hybridized carbons (Fsp3) is 0.0345. The molecule has 0 atom stereocenters. The third-order valence-electron chi connectivity index (χ3n) is 13.0. The highest BCUT2D eigenvalue weighted by Crippen LogP contribution is 2.45. The van der Waals surface area contributed by atoms with E-state index < -0.39 is 0 Å². The smallest absolute Gasteiger partial charge is 0.160 e. The Morgan fingerprint density at radius 1 is 0.354 bits per heavy atom. The minimum atomic E-state index is 0.657. The van der Waals surface area contributed by atoms with Crippen LogP contribution in [0.15, 0.2) is 200 Å². The first-order valence-corrected chi connectivity index (χ1v) is 22.0. The molecule has 6 aromatic heterocycles. The van der Waals surface area contributed by atoms with E-state index in [1.165, 1.54) is 21.9 Å². The quantitative estimate of drug-likeness (QED) is 0.167. The molecule has 13 rings (SSSR count). The van der Waals surface area contributed by atoms with E-state index in [0.29, 0.717) is 5.82 Å². The first-order valence-electron chi connectivity index (χ1n) is 22.0. The highest BCUT2D eigenvalue weighted by atomic mass is 15.1. The average Bonchev–Trinajstić information content (AvgIpc) is 4.01. The second-order valence-electron chi connectivity index (χ2n) is 16.8. The maximum Gasteiger partial charge on any atom is 0.160 e. The molecule has 7 aromatic carbocycles. The second-order valence-corrected chi connectivity index (χ2v) is 16.8. The lowest BCUT2D eigenvalue weighted by Crippen LogP contribution is -2.11. The van der Waals surface area contributed by atoms with Crippen LogP contribution in [0.4, 0.5) is 0 Å². The third kappa shape index (κ3) is 5.62. The number of aromatic nitrogens is 7. The van der Waals surface area contributed by atoms with Crippen LogP contribution in [0.5, 0.6) is 0 Å². The molecule has 0 unspecified atom stereocenters. The van der Waals surface area contributed by atoms with Gasteiger partial charge in [-0.3, -0.25) is 9.97 Å². The molecule has 65 heavy (non-hydrogen) atoms. The summed E-state index contributed by atoms with van der Waals surface area (Å²) in [5.41, 5.74) is 18.2. The monoisotopic (exact) mass is 833 g/mol. The maximum absolute atomic E-state index is 5.45. The summed E-state index contributed by atoms with van der Waals surface area (Å²) in [6.07, 6.45) is 3.79. The maximum atomic E-state index is 5.45. The summed E-state index contributed by atoms with van der Waals surface area (Å²) in [4.78, 5) is 20.7. The van der Waals surface area contributed by atoms with Crippen molar-refractivity contribution in [1.29, 1.82) is 0 Å². The zero-order valence-corrected chi connectivity index (χ0v) is 35.7. The zero-order valence-electron chi connectivity index (χ0n) is 35.7. The van der Waals surface area contributed by atoms with Gasteiger partial charge in [0.2, 0.25) is 0 Å². The van der Waals surface area contributed by atoms with Crippen molar-refractivity contribution in [2.24, 2.45) is 0 Å². The predicted octanol–water partition coefficient (Wildman–Crippen LogP) is 14.2. The van der Waals surface area contributed by atoms with Crippen molar-refractivity contribution in [3.63, 3.8) is 0 Å². The summed E-state index contributed by atoms with van der Waals surface area (Å²) in [6.45, 7) is 4.46. The van der Waals surface area contributed by atoms with Gasteiger partial charge in [0.25, 0.3) is 0 Å². The lowest BCUT2D eigenvalue weighted by molar-refractivity contribution is 1.04. The Labute approximate surface area is 374 Å². The summed E-state index contributed by atoms with van der Waals surface area (Å²) >= 11 is 0. The van der Waals surface area contributed by atoms with E-state index in [9.17, 15) is 0 Å². The molecule has 0 aliphatic carbocycles. The molecule has 0 bridgehead atoms. The van der Waals surface area contributed by atoms with Gasteiger partial charge in [-0.25, -0.2) is 9.97 Å². The second kappa shape index (κ2) is 14.4. The van der Waals surface area contributed by atoms with E-state index in [1.54, 1.807) is 0 Å². The SMILES string of the molecule is Cc1cccc2c3cccc(C)c3n(-c3c(-n4c5ccccc5c5ncccc54)cc(-c4cc(-c5ccccc5)nc(-c5ccccc5)n4)cc3-n3c4ccccc4c4ncccc43)c12. The van der Waals surface area contributed by atoms with Crippen LogP contribution in [0.3, 0.4) is 0 Å². The molecule has 0 saturated heterocycles. The number of rotatable bonds is 6. The molecule has 306 valence electrons. The average molecular weight is 834 g/mol. The molecule has 7 heteroatoms. The Morgan fingerprint density at radius 2 is 0.800 bits per heavy atom. The summed E-state index contributed by atoms with van der Waals surface area (Å²) in [6, 6.07) is 66.5. The highest BCUT2D eigenvalue weighted by Gasteiger charge is 2.28. The van der Waals surface area contributed by atoms with Gasteiger partial charge in [0.05, 0.1) is 72.6 Å². The van der Waals surface area contributed by atoms with Crippen molar-refractivity contribution in [3.8, 4) is 51.0 Å². The molecular formula is C58H39N7. The number of hydrogen-bond donors (Lipinski definition) is 0. The van der Waals surface area contributed by atoms with E-state index in [2.05, 4.69) is 179 Å². The zero-order chi connectivity index (χ0) is 43.2. The molecule has 0 aliphatic rings. The van der Waals surface area contributed by atoms with Gasteiger partial charge in [0.15, 0.2) is 5.82 Å². The Kier molecular flexibility index (Phi) is 8.20. The number of nitrogens with zero attached hydrogens (tertiary/aromatic N) is 7. The lowest BCUT2D eigenvalue weighted by atomic mass is 10.0. The van der Waals surface area contributed by atoms with Gasteiger partial charge in [0, 0.05) is 50.6 Å². The summed E-state index contributed by atoms with van der Waals surface area (Å²) in [7, 11) is 0. The molecule has 7 nitrogen and oxygen atoms in total. The van der Waals surface area contributed by atoms with Gasteiger partial charge in [-0.2, -0.15) is 0 Å². The number of benzene rings is 7. The van der Waals surface area contributed by atoms with Gasteiger partial charge >= 0.3 is 0 Å². The van der Waals surface area contributed by atoms with Crippen LogP contribution in [0.2, 0.25) is 0 Å². The van der Waals surface area contributed by atoms with Crippen molar-refractivity contribution in [2.45, 2.75) is 13.8 Å². The normalized spacial score (nSPS) is 11.8. The van der Waals surface area contributed by atoms with Gasteiger partial charge < -0.3 is 13.7 Å². The van der Waals surface area contributed by atoms with Gasteiger partial charge in [0.1, 0.15) is 0 Å². The van der Waals surface area contributed by atoms with Crippen molar-refractivity contribution < 1.29 is 0 Å². The molecule has 0 N–H and O–H groups in total. The highest BCUT2D eigenvalue weighted by molar-refractivity contribution is 6.14. The Hall–Kier alpha value is -8.68. The van der Waals surface area contributed by atoms with Crippen molar-refractivity contribution in [3.05, 3.63) is 212 Å². The Morgan fingerprint density at radius 3 is 1.34 bits per heavy atom. The molecule has 0 radical (unpaired) electrons. The molecule has 0 fully saturated rings. The summed E-state index contributed by atoms with van der Waals surface area (Å²) in [5.74, 6) is 0.657. The van der Waals surface area contributed by atoms with Crippen LogP contribution < -0.4 is 0 Å². The topological polar surface area (TPSA) is 66.3 Å². The van der Waals surface area contributed by atoms with E-state index in [1.807, 2.05) is 48.8 Å². The minimum absolute atomic E-state index is 0.657. The minimum Gasteiger partial charge on any atom is -0.305 e. The van der Waals surface area contributed by atoms with Crippen LogP contribution in [-0.4, -0.2) is 33.6 Å². The standard InChI is InChI=1S/C58H39N7/c1-36-17-13-25-41-42-26-14-18-37(2)56(42)65(55(36)41)57-51(63-47-27-11-9-23-43(47)53-49(63)29-15-31-59-53)33-40(34-52(57)64-48-28-12-10-24-44(48)54-50(64)30-16-32-60-54)46-35-45(38-19-5-3-6-20-38)61-58(62-46)39-21-7-4-8-22-39/h3-35H,1-2H3. The number of hydrogen-bond acceptors (Lipinski definition) is 4. The number of para-hydroxylation sites is 4. The molecular weight excluding hydrogens is 795 g/mol. The number of pyridine rings is 2. The first kappa shape index (κ1) is 36.9. The van der Waals surface area contributed by atoms with Crippen LogP contribution in [-0.2, 0) is 0 Å². The molecule has 0 aliphatic heterocycles. The van der Waals surface area contributed by atoms with E-state index >= 15 is 0 Å². The van der Waals surface area contributed by atoms with Crippen LogP contribution in [0.25, 0.3) is 117 Å². The number of fused-ring (bicyclic) bond motifs is 9.